The zero-order valence-electron chi connectivity index (χ0n) is 46.8. The molecule has 0 bridgehead atoms. The zero-order chi connectivity index (χ0) is 58.2. The van der Waals surface area contributed by atoms with Crippen molar-refractivity contribution in [2.24, 2.45) is 0 Å². The largest absolute Gasteiger partial charge is 0.377 e. The highest BCUT2D eigenvalue weighted by Crippen LogP contribution is 2.41. The van der Waals surface area contributed by atoms with Crippen molar-refractivity contribution in [1.29, 1.82) is 0 Å². The van der Waals surface area contributed by atoms with Crippen LogP contribution in [0.4, 0.5) is 11.6 Å². The Hall–Kier alpha value is -5.62. The van der Waals surface area contributed by atoms with Crippen LogP contribution in [-0.4, -0.2) is 187 Å². The second-order valence-electron chi connectivity index (χ2n) is 20.0. The smallest absolute Gasteiger partial charge is 0.246 e. The van der Waals surface area contributed by atoms with E-state index in [4.69, 9.17) is 79.6 Å². The first-order valence-electron chi connectivity index (χ1n) is 27.7. The van der Waals surface area contributed by atoms with Gasteiger partial charge in [-0.3, -0.25) is 9.59 Å². The lowest BCUT2D eigenvalue weighted by molar-refractivity contribution is -0.131. The van der Waals surface area contributed by atoms with Crippen molar-refractivity contribution >= 4 is 69.9 Å². The van der Waals surface area contributed by atoms with E-state index in [1.807, 2.05) is 48.5 Å². The molecule has 0 saturated carbocycles. The van der Waals surface area contributed by atoms with E-state index in [0.29, 0.717) is 137 Å². The normalized spacial score (nSPS) is 15.2. The van der Waals surface area contributed by atoms with Crippen LogP contribution in [-0.2, 0) is 55.8 Å². The number of aromatic nitrogens is 4. The van der Waals surface area contributed by atoms with Gasteiger partial charge in [-0.1, -0.05) is 82.8 Å². The molecule has 8 rings (SSSR count). The fourth-order valence-corrected chi connectivity index (χ4v) is 10.9. The van der Waals surface area contributed by atoms with Crippen LogP contribution in [0.1, 0.15) is 45.2 Å². The number of likely N-dealkylation sites (N-methyl/N-ethyl adjacent to an activating group) is 2. The third-order valence-corrected chi connectivity index (χ3v) is 14.8. The minimum absolute atomic E-state index is 0.124. The maximum atomic E-state index is 12.1. The highest BCUT2D eigenvalue weighted by molar-refractivity contribution is 6.35. The van der Waals surface area contributed by atoms with Gasteiger partial charge in [-0.2, -0.15) is 0 Å². The number of hydrogen-bond donors (Lipinski definition) is 4. The number of rotatable bonds is 34. The number of ether oxygens (including phenoxy) is 7. The predicted octanol–water partition coefficient (Wildman–Crippen LogP) is 8.24. The first-order valence-corrected chi connectivity index (χ1v) is 29.2. The van der Waals surface area contributed by atoms with Crippen molar-refractivity contribution in [3.8, 4) is 22.5 Å². The number of carbonyl (C=O) groups excluding carboxylic acids is 2. The lowest BCUT2D eigenvalue weighted by atomic mass is 9.84. The Balaban J connectivity index is 0.564. The lowest BCUT2D eigenvalue weighted by Gasteiger charge is -2.33. The van der Waals surface area contributed by atoms with Gasteiger partial charge in [-0.05, 0) is 83.9 Å². The predicted molar refractivity (Wildman–Crippen MR) is 323 cm³/mol. The van der Waals surface area contributed by atoms with E-state index in [2.05, 4.69) is 101 Å². The van der Waals surface area contributed by atoms with E-state index in [-0.39, 0.29) is 36.9 Å². The van der Waals surface area contributed by atoms with Crippen LogP contribution in [0.5, 0.6) is 0 Å². The van der Waals surface area contributed by atoms with Gasteiger partial charge in [-0.15, -0.1) is 0 Å². The minimum Gasteiger partial charge on any atom is -0.377 e. The SMILES string of the molecule is CN1Cc2c(Cl)cc(Cl)cc2[C@@H](c2cccc(-c3cc(NCCOCCOCCOCCNC(=O)COCC(=O)NCCOCCOCCOCCNc4cc(-c5cccc([C@@H]6CN(C)Cc7c(Cl)cc(Cl)cc76)c5)ncn4)ncn3)c2)C1. The fraction of sp³-hybridized carbons (Fsp3) is 0.433. The van der Waals surface area contributed by atoms with Crippen LogP contribution in [0.2, 0.25) is 20.1 Å². The van der Waals surface area contributed by atoms with E-state index in [1.54, 1.807) is 12.7 Å². The summed E-state index contributed by atoms with van der Waals surface area (Å²) in [7, 11) is 4.20. The Morgan fingerprint density at radius 1 is 0.482 bits per heavy atom. The Bertz CT molecular complexity index is 2840. The van der Waals surface area contributed by atoms with Gasteiger partial charge in [0.1, 0.15) is 37.5 Å². The molecular weight excluding hydrogens is 1150 g/mol. The molecule has 2 aromatic heterocycles. The number of benzene rings is 4. The molecular formula is C60H72Cl4N10O9. The van der Waals surface area contributed by atoms with Gasteiger partial charge in [0.25, 0.3) is 0 Å². The number of halogens is 4. The van der Waals surface area contributed by atoms with Gasteiger partial charge in [0.15, 0.2) is 0 Å². The number of hydrogen-bond acceptors (Lipinski definition) is 17. The average molecular weight is 1220 g/mol. The van der Waals surface area contributed by atoms with Crippen LogP contribution in [0.15, 0.2) is 97.6 Å². The number of carbonyl (C=O) groups is 2. The first kappa shape index (κ1) is 63.4. The molecule has 83 heavy (non-hydrogen) atoms. The Morgan fingerprint density at radius 2 is 0.867 bits per heavy atom. The molecule has 19 nitrogen and oxygen atoms in total. The number of fused-ring (bicyclic) bond motifs is 2. The summed E-state index contributed by atoms with van der Waals surface area (Å²) in [5, 5.41) is 14.7. The molecule has 4 aromatic carbocycles. The van der Waals surface area contributed by atoms with Crippen LogP contribution in [0, 0.1) is 0 Å². The summed E-state index contributed by atoms with van der Waals surface area (Å²) in [4.78, 5) is 46.6. The first-order chi connectivity index (χ1) is 40.5. The lowest BCUT2D eigenvalue weighted by Crippen LogP contribution is -2.34. The van der Waals surface area contributed by atoms with Crippen LogP contribution in [0.25, 0.3) is 22.5 Å². The van der Waals surface area contributed by atoms with E-state index in [1.165, 1.54) is 11.1 Å². The second-order valence-corrected chi connectivity index (χ2v) is 21.6. The van der Waals surface area contributed by atoms with Crippen molar-refractivity contribution in [2.75, 3.05) is 156 Å². The highest BCUT2D eigenvalue weighted by Gasteiger charge is 2.29. The molecule has 0 fully saturated rings. The highest BCUT2D eigenvalue weighted by atomic mass is 35.5. The Kier molecular flexibility index (Phi) is 25.8. The Labute approximate surface area is 505 Å². The van der Waals surface area contributed by atoms with Crippen molar-refractivity contribution < 1.29 is 42.7 Å². The maximum Gasteiger partial charge on any atom is 0.246 e. The van der Waals surface area contributed by atoms with Crippen LogP contribution in [0.3, 0.4) is 0 Å². The van der Waals surface area contributed by atoms with E-state index < -0.39 is 0 Å². The quantitative estimate of drug-likeness (QED) is 0.0281. The molecule has 0 spiro atoms. The number of nitrogens with one attached hydrogen (secondary N) is 4. The van der Waals surface area contributed by atoms with Crippen molar-refractivity contribution in [2.45, 2.75) is 24.9 Å². The summed E-state index contributed by atoms with van der Waals surface area (Å²) in [6.07, 6.45) is 3.11. The molecule has 2 atom stereocenters. The van der Waals surface area contributed by atoms with Crippen molar-refractivity contribution in [1.82, 2.24) is 40.4 Å². The van der Waals surface area contributed by atoms with Gasteiger partial charge in [0.05, 0.1) is 90.7 Å². The summed E-state index contributed by atoms with van der Waals surface area (Å²) in [5.41, 5.74) is 10.5. The topological polar surface area (TPSA) is 205 Å². The van der Waals surface area contributed by atoms with Crippen molar-refractivity contribution in [3.05, 3.63) is 151 Å². The monoisotopic (exact) mass is 1220 g/mol. The van der Waals surface area contributed by atoms with E-state index in [9.17, 15) is 9.59 Å². The molecule has 4 heterocycles. The summed E-state index contributed by atoms with van der Waals surface area (Å²) in [6, 6.07) is 28.4. The minimum atomic E-state index is -0.351. The molecule has 444 valence electrons. The summed E-state index contributed by atoms with van der Waals surface area (Å²) in [6.45, 7) is 9.17. The maximum absolute atomic E-state index is 12.1. The van der Waals surface area contributed by atoms with Crippen molar-refractivity contribution in [3.63, 3.8) is 0 Å². The summed E-state index contributed by atoms with van der Waals surface area (Å²) >= 11 is 26.1. The third kappa shape index (κ3) is 20.3. The fourth-order valence-electron chi connectivity index (χ4n) is 9.76. The molecule has 2 amide bonds. The zero-order valence-corrected chi connectivity index (χ0v) is 49.8. The Morgan fingerprint density at radius 3 is 1.28 bits per heavy atom. The standard InChI is InChI=1S/C60H72Cl4N10O9/c1-73-33-49(47-27-45(61)29-53(63)51(47)35-73)41-5-3-7-43(25-41)55-31-57(71-39-69-55)65-9-13-77-17-21-81-23-19-79-15-11-67-59(75)37-83-38-60(76)68-12-16-80-20-24-82-22-18-78-14-10-66-58-32-56(70-40-72-58)44-8-4-6-42(26-44)50-34-74(2)36-52-48(50)28-46(62)30-54(52)64/h3-8,25-32,39-40,49-50H,9-24,33-38H2,1-2H3,(H,67,75)(H,68,76)(H,65,69,71)(H,66,70,72)/t49-,50+. The van der Waals surface area contributed by atoms with Crippen LogP contribution < -0.4 is 21.3 Å². The van der Waals surface area contributed by atoms with Gasteiger partial charge in [0, 0.05) is 108 Å². The van der Waals surface area contributed by atoms with Gasteiger partial charge in [-0.25, -0.2) is 19.9 Å². The number of anilines is 2. The third-order valence-electron chi connectivity index (χ3n) is 13.7. The molecule has 23 heteroatoms. The molecule has 4 N–H and O–H groups in total. The van der Waals surface area contributed by atoms with Crippen LogP contribution >= 0.6 is 46.4 Å². The molecule has 2 aliphatic rings. The summed E-state index contributed by atoms with van der Waals surface area (Å²) in [5.74, 6) is 0.948. The molecule has 6 aromatic rings. The number of amides is 2. The van der Waals surface area contributed by atoms with E-state index >= 15 is 0 Å². The average Bonchev–Trinajstić information content (AvgIpc) is 3.62. The molecule has 0 unspecified atom stereocenters. The van der Waals surface area contributed by atoms with Gasteiger partial charge in [0.2, 0.25) is 11.8 Å². The second kappa shape index (κ2) is 33.8. The van der Waals surface area contributed by atoms with Gasteiger partial charge >= 0.3 is 0 Å². The van der Waals surface area contributed by atoms with Gasteiger partial charge < -0.3 is 64.2 Å². The molecule has 2 aliphatic heterocycles. The summed E-state index contributed by atoms with van der Waals surface area (Å²) < 4.78 is 38.9. The molecule has 0 aliphatic carbocycles. The molecule has 0 radical (unpaired) electrons. The van der Waals surface area contributed by atoms with E-state index in [0.717, 1.165) is 70.9 Å². The number of nitrogens with zero attached hydrogens (tertiary/aromatic N) is 6. The molecule has 0 saturated heterocycles.